The summed E-state index contributed by atoms with van der Waals surface area (Å²) in [5.74, 6) is -0.668. The van der Waals surface area contributed by atoms with Gasteiger partial charge in [0, 0.05) is 6.54 Å². The molecule has 1 aliphatic rings. The molecule has 19 heavy (non-hydrogen) atoms. The van der Waals surface area contributed by atoms with Crippen LogP contribution in [0.1, 0.15) is 25.0 Å². The molecule has 0 bridgehead atoms. The molecule has 1 fully saturated rings. The van der Waals surface area contributed by atoms with Gasteiger partial charge in [-0.15, -0.1) is 23.2 Å². The number of rotatable bonds is 4. The van der Waals surface area contributed by atoms with E-state index in [-0.39, 0.29) is 18.3 Å². The summed E-state index contributed by atoms with van der Waals surface area (Å²) in [5, 5.41) is 12.5. The van der Waals surface area contributed by atoms with Gasteiger partial charge < -0.3 is 10.4 Å². The van der Waals surface area contributed by atoms with Gasteiger partial charge in [0.1, 0.15) is 10.2 Å². The van der Waals surface area contributed by atoms with E-state index in [9.17, 15) is 14.3 Å². The van der Waals surface area contributed by atoms with Crippen LogP contribution in [0.2, 0.25) is 0 Å². The molecule has 0 spiro atoms. The summed E-state index contributed by atoms with van der Waals surface area (Å²) in [4.78, 5) is 11.9. The van der Waals surface area contributed by atoms with E-state index in [1.165, 1.54) is 24.3 Å². The third kappa shape index (κ3) is 2.86. The summed E-state index contributed by atoms with van der Waals surface area (Å²) >= 11 is 11.8. The molecule has 1 aromatic carbocycles. The van der Waals surface area contributed by atoms with Crippen molar-refractivity contribution in [3.63, 3.8) is 0 Å². The number of halogens is 3. The van der Waals surface area contributed by atoms with Gasteiger partial charge in [-0.2, -0.15) is 0 Å². The van der Waals surface area contributed by atoms with E-state index in [1.807, 2.05) is 0 Å². The smallest absolute Gasteiger partial charge is 0.229 e. The maximum Gasteiger partial charge on any atom is 0.229 e. The highest BCUT2D eigenvalue weighted by Gasteiger charge is 2.67. The van der Waals surface area contributed by atoms with Crippen molar-refractivity contribution in [3.05, 3.63) is 35.6 Å². The first-order valence-corrected chi connectivity index (χ1v) is 6.61. The Morgan fingerprint density at radius 2 is 2.00 bits per heavy atom. The Balaban J connectivity index is 1.89. The van der Waals surface area contributed by atoms with Crippen molar-refractivity contribution in [1.29, 1.82) is 0 Å². The maximum absolute atomic E-state index is 12.7. The van der Waals surface area contributed by atoms with E-state index < -0.39 is 15.9 Å². The Morgan fingerprint density at radius 3 is 2.47 bits per heavy atom. The molecule has 1 aromatic rings. The van der Waals surface area contributed by atoms with Crippen molar-refractivity contribution in [2.45, 2.75) is 23.8 Å². The number of nitrogens with one attached hydrogen (secondary N) is 1. The van der Waals surface area contributed by atoms with Crippen LogP contribution >= 0.6 is 23.2 Å². The molecule has 3 nitrogen and oxygen atoms in total. The molecule has 1 amide bonds. The second-order valence-corrected chi connectivity index (χ2v) is 6.47. The topological polar surface area (TPSA) is 49.3 Å². The predicted molar refractivity (Wildman–Crippen MR) is 71.5 cm³/mol. The fourth-order valence-corrected chi connectivity index (χ4v) is 2.54. The van der Waals surface area contributed by atoms with Gasteiger partial charge in [0.05, 0.1) is 11.5 Å². The van der Waals surface area contributed by atoms with Crippen LogP contribution in [0.5, 0.6) is 0 Å². The standard InChI is InChI=1S/C13H14Cl2FNO2/c1-12(7-13(12,14)15)11(19)17-6-10(18)8-2-4-9(16)5-3-8/h2-5,10,18H,6-7H2,1H3,(H,17,19). The second-order valence-electron chi connectivity index (χ2n) is 4.99. The minimum absolute atomic E-state index is 0.0317. The monoisotopic (exact) mass is 305 g/mol. The van der Waals surface area contributed by atoms with Crippen molar-refractivity contribution in [1.82, 2.24) is 5.32 Å². The molecule has 6 heteroatoms. The molecule has 0 radical (unpaired) electrons. The molecule has 104 valence electrons. The third-order valence-corrected chi connectivity index (χ3v) is 4.57. The zero-order valence-electron chi connectivity index (χ0n) is 10.3. The molecule has 1 saturated carbocycles. The van der Waals surface area contributed by atoms with Crippen molar-refractivity contribution < 1.29 is 14.3 Å². The zero-order valence-corrected chi connectivity index (χ0v) is 11.8. The lowest BCUT2D eigenvalue weighted by Crippen LogP contribution is -2.36. The molecular weight excluding hydrogens is 292 g/mol. The van der Waals surface area contributed by atoms with Crippen molar-refractivity contribution in [2.24, 2.45) is 5.41 Å². The van der Waals surface area contributed by atoms with Gasteiger partial charge in [0.15, 0.2) is 0 Å². The largest absolute Gasteiger partial charge is 0.387 e. The van der Waals surface area contributed by atoms with Gasteiger partial charge in [0.2, 0.25) is 5.91 Å². The highest BCUT2D eigenvalue weighted by Crippen LogP contribution is 2.63. The van der Waals surface area contributed by atoms with Crippen molar-refractivity contribution in [3.8, 4) is 0 Å². The quantitative estimate of drug-likeness (QED) is 0.840. The lowest BCUT2D eigenvalue weighted by atomic mass is 10.1. The Labute approximate surface area is 120 Å². The predicted octanol–water partition coefficient (Wildman–Crippen LogP) is 2.56. The number of carbonyl (C=O) groups is 1. The van der Waals surface area contributed by atoms with E-state index >= 15 is 0 Å². The minimum Gasteiger partial charge on any atom is -0.387 e. The number of amides is 1. The molecule has 0 heterocycles. The highest BCUT2D eigenvalue weighted by atomic mass is 35.5. The molecule has 2 unspecified atom stereocenters. The molecule has 2 rings (SSSR count). The SMILES string of the molecule is CC1(C(=O)NCC(O)c2ccc(F)cc2)CC1(Cl)Cl. The first kappa shape index (κ1) is 14.6. The summed E-state index contributed by atoms with van der Waals surface area (Å²) < 4.78 is 11.7. The summed E-state index contributed by atoms with van der Waals surface area (Å²) in [6, 6.07) is 5.45. The average molecular weight is 306 g/mol. The number of aliphatic hydroxyl groups excluding tert-OH is 1. The van der Waals surface area contributed by atoms with Crippen LogP contribution < -0.4 is 5.32 Å². The Bertz CT molecular complexity index is 492. The van der Waals surface area contributed by atoms with Crippen molar-refractivity contribution >= 4 is 29.1 Å². The van der Waals surface area contributed by atoms with Gasteiger partial charge in [-0.25, -0.2) is 4.39 Å². The molecule has 2 atom stereocenters. The number of benzene rings is 1. The molecule has 0 saturated heterocycles. The van der Waals surface area contributed by atoms with Crippen LogP contribution in [0.15, 0.2) is 24.3 Å². The number of aliphatic hydroxyl groups is 1. The number of hydrogen-bond donors (Lipinski definition) is 2. The van der Waals surface area contributed by atoms with Crippen LogP contribution in [-0.2, 0) is 4.79 Å². The van der Waals surface area contributed by atoms with Crippen LogP contribution in [0.25, 0.3) is 0 Å². The first-order valence-electron chi connectivity index (χ1n) is 5.86. The van der Waals surface area contributed by atoms with Gasteiger partial charge in [-0.1, -0.05) is 12.1 Å². The fraction of sp³-hybridized carbons (Fsp3) is 0.462. The van der Waals surface area contributed by atoms with Crippen LogP contribution in [0, 0.1) is 11.2 Å². The van der Waals surface area contributed by atoms with Crippen LogP contribution in [0.3, 0.4) is 0 Å². The van der Waals surface area contributed by atoms with Crippen LogP contribution in [0.4, 0.5) is 4.39 Å². The van der Waals surface area contributed by atoms with Gasteiger partial charge in [-0.3, -0.25) is 4.79 Å². The molecule has 1 aliphatic carbocycles. The molecule has 2 N–H and O–H groups in total. The lowest BCUT2D eigenvalue weighted by Gasteiger charge is -2.16. The zero-order chi connectivity index (χ0) is 14.3. The van der Waals surface area contributed by atoms with E-state index in [1.54, 1.807) is 6.92 Å². The maximum atomic E-state index is 12.7. The Hall–Kier alpha value is -0.840. The number of hydrogen-bond acceptors (Lipinski definition) is 2. The average Bonchev–Trinajstić information content (AvgIpc) is 2.87. The third-order valence-electron chi connectivity index (χ3n) is 3.47. The van der Waals surface area contributed by atoms with Gasteiger partial charge in [-0.05, 0) is 31.0 Å². The van der Waals surface area contributed by atoms with Crippen LogP contribution in [-0.4, -0.2) is 21.9 Å². The molecule has 0 aliphatic heterocycles. The summed E-state index contributed by atoms with van der Waals surface area (Å²) in [6.45, 7) is 1.70. The number of carbonyl (C=O) groups excluding carboxylic acids is 1. The summed E-state index contributed by atoms with van der Waals surface area (Å²) in [7, 11) is 0. The highest BCUT2D eigenvalue weighted by molar-refractivity contribution is 6.53. The van der Waals surface area contributed by atoms with Gasteiger partial charge in [0.25, 0.3) is 0 Å². The fourth-order valence-electron chi connectivity index (χ4n) is 1.83. The van der Waals surface area contributed by atoms with E-state index in [0.717, 1.165) is 0 Å². The normalized spacial score (nSPS) is 25.7. The summed E-state index contributed by atoms with van der Waals surface area (Å²) in [5.41, 5.74) is -0.274. The van der Waals surface area contributed by atoms with E-state index in [0.29, 0.717) is 12.0 Å². The second kappa shape index (κ2) is 4.93. The number of alkyl halides is 2. The first-order chi connectivity index (χ1) is 8.76. The van der Waals surface area contributed by atoms with Crippen molar-refractivity contribution in [2.75, 3.05) is 6.54 Å². The molecule has 0 aromatic heterocycles. The Kier molecular flexibility index (Phi) is 3.78. The Morgan fingerprint density at radius 1 is 1.47 bits per heavy atom. The molecular formula is C13H14Cl2FNO2. The van der Waals surface area contributed by atoms with E-state index in [4.69, 9.17) is 23.2 Å². The minimum atomic E-state index is -1.03. The summed E-state index contributed by atoms with van der Waals surface area (Å²) in [6.07, 6.45) is -0.506. The lowest BCUT2D eigenvalue weighted by molar-refractivity contribution is -0.126. The van der Waals surface area contributed by atoms with Gasteiger partial charge >= 0.3 is 0 Å². The van der Waals surface area contributed by atoms with E-state index in [2.05, 4.69) is 5.32 Å².